The number of carbonyl (C=O) groups is 3. The Morgan fingerprint density at radius 2 is 1.90 bits per heavy atom. The number of nitrogens with two attached hydrogens (primary N) is 1. The SMILES string of the molecule is CC1(C)CN(C(=O)/C=C/c2cc(Cl)ccc2-n2cnnn2)C(C(=O)Nc2ccc(C(=O)O)cc2)c2cc(N)cnc21. The van der Waals surface area contributed by atoms with E-state index in [0.29, 0.717) is 38.9 Å². The number of carboxylic acid groups (broad SMARTS) is 1. The van der Waals surface area contributed by atoms with E-state index in [0.717, 1.165) is 0 Å². The topological polar surface area (TPSA) is 169 Å². The Balaban J connectivity index is 1.51. The molecule has 4 aromatic rings. The summed E-state index contributed by atoms with van der Waals surface area (Å²) < 4.78 is 1.45. The number of halogens is 1. The molecule has 1 atom stereocenters. The van der Waals surface area contributed by atoms with Crippen LogP contribution in [0, 0.1) is 0 Å². The van der Waals surface area contributed by atoms with E-state index in [2.05, 4.69) is 25.8 Å². The van der Waals surface area contributed by atoms with Gasteiger partial charge in [-0.2, -0.15) is 4.68 Å². The van der Waals surface area contributed by atoms with Gasteiger partial charge in [-0.1, -0.05) is 25.4 Å². The third kappa shape index (κ3) is 5.63. The van der Waals surface area contributed by atoms with Gasteiger partial charge in [-0.3, -0.25) is 14.6 Å². The molecule has 0 spiro atoms. The van der Waals surface area contributed by atoms with Gasteiger partial charge in [-0.15, -0.1) is 5.10 Å². The summed E-state index contributed by atoms with van der Waals surface area (Å²) in [6.07, 6.45) is 5.90. The van der Waals surface area contributed by atoms with Crippen molar-refractivity contribution in [1.29, 1.82) is 0 Å². The summed E-state index contributed by atoms with van der Waals surface area (Å²) in [6, 6.07) is 11.4. The molecule has 0 bridgehead atoms. The molecule has 0 aliphatic carbocycles. The minimum absolute atomic E-state index is 0.0775. The summed E-state index contributed by atoms with van der Waals surface area (Å²) in [5.41, 5.74) is 8.60. The number of rotatable bonds is 6. The van der Waals surface area contributed by atoms with Crippen molar-refractivity contribution in [2.24, 2.45) is 0 Å². The number of carbonyl (C=O) groups excluding carboxylic acids is 2. The van der Waals surface area contributed by atoms with Crippen LogP contribution in [0.4, 0.5) is 11.4 Å². The molecular weight excluding hydrogens is 548 g/mol. The zero-order valence-corrected chi connectivity index (χ0v) is 22.8. The van der Waals surface area contributed by atoms with Gasteiger partial charge in [-0.05, 0) is 65.0 Å². The maximum atomic E-state index is 13.8. The van der Waals surface area contributed by atoms with Gasteiger partial charge < -0.3 is 21.1 Å². The Hall–Kier alpha value is -5.10. The first kappa shape index (κ1) is 27.5. The van der Waals surface area contributed by atoms with Crippen molar-refractivity contribution < 1.29 is 19.5 Å². The third-order valence-electron chi connectivity index (χ3n) is 6.67. The highest BCUT2D eigenvalue weighted by molar-refractivity contribution is 6.30. The lowest BCUT2D eigenvalue weighted by molar-refractivity contribution is -0.136. The molecule has 2 aromatic carbocycles. The number of pyridine rings is 1. The van der Waals surface area contributed by atoms with Crippen LogP contribution in [0.25, 0.3) is 11.8 Å². The molecule has 13 heteroatoms. The fraction of sp³-hybridized carbons (Fsp3) is 0.179. The van der Waals surface area contributed by atoms with E-state index < -0.39 is 29.2 Å². The number of fused-ring (bicyclic) bond motifs is 1. The average Bonchev–Trinajstić information content (AvgIpc) is 3.46. The number of benzene rings is 2. The summed E-state index contributed by atoms with van der Waals surface area (Å²) in [7, 11) is 0. The van der Waals surface area contributed by atoms with Gasteiger partial charge in [0.15, 0.2) is 0 Å². The zero-order chi connectivity index (χ0) is 29.3. The molecule has 2 aromatic heterocycles. The highest BCUT2D eigenvalue weighted by atomic mass is 35.5. The summed E-state index contributed by atoms with van der Waals surface area (Å²) >= 11 is 6.23. The summed E-state index contributed by atoms with van der Waals surface area (Å²) in [5, 5.41) is 23.7. The van der Waals surface area contributed by atoms with Crippen LogP contribution in [0.1, 0.15) is 47.1 Å². The molecule has 0 saturated carbocycles. The molecule has 0 saturated heterocycles. The van der Waals surface area contributed by atoms with E-state index in [1.54, 1.807) is 30.3 Å². The first-order valence-electron chi connectivity index (χ1n) is 12.5. The first-order valence-corrected chi connectivity index (χ1v) is 12.8. The van der Waals surface area contributed by atoms with Crippen LogP contribution in [-0.2, 0) is 15.0 Å². The average molecular weight is 573 g/mol. The number of hydrogen-bond acceptors (Lipinski definition) is 8. The largest absolute Gasteiger partial charge is 0.478 e. The summed E-state index contributed by atoms with van der Waals surface area (Å²) in [4.78, 5) is 44.7. The van der Waals surface area contributed by atoms with Crippen molar-refractivity contribution in [3.8, 4) is 5.69 Å². The number of carboxylic acids is 1. The number of amides is 2. The molecular formula is C28H25ClN8O4. The number of tetrazole rings is 1. The maximum Gasteiger partial charge on any atom is 0.335 e. The molecule has 0 fully saturated rings. The fourth-order valence-corrected chi connectivity index (χ4v) is 5.00. The van der Waals surface area contributed by atoms with Crippen LogP contribution in [-0.4, -0.2) is 59.5 Å². The van der Waals surface area contributed by atoms with Crippen molar-refractivity contribution >= 4 is 46.8 Å². The molecule has 1 aliphatic rings. The summed E-state index contributed by atoms with van der Waals surface area (Å²) in [6.45, 7) is 4.06. The molecule has 1 aliphatic heterocycles. The second-order valence-electron chi connectivity index (χ2n) is 10.1. The van der Waals surface area contributed by atoms with E-state index in [1.165, 1.54) is 52.4 Å². The monoisotopic (exact) mass is 572 g/mol. The number of nitrogens with zero attached hydrogens (tertiary/aromatic N) is 6. The van der Waals surface area contributed by atoms with Crippen LogP contribution < -0.4 is 11.1 Å². The van der Waals surface area contributed by atoms with E-state index >= 15 is 0 Å². The van der Waals surface area contributed by atoms with Gasteiger partial charge in [-0.25, -0.2) is 4.79 Å². The Kier molecular flexibility index (Phi) is 7.24. The minimum Gasteiger partial charge on any atom is -0.478 e. The number of aromatic nitrogens is 5. The Labute approximate surface area is 239 Å². The number of aromatic carboxylic acids is 1. The second-order valence-corrected chi connectivity index (χ2v) is 10.6. The van der Waals surface area contributed by atoms with Crippen LogP contribution in [0.2, 0.25) is 5.02 Å². The van der Waals surface area contributed by atoms with Gasteiger partial charge in [0.05, 0.1) is 28.8 Å². The van der Waals surface area contributed by atoms with Crippen molar-refractivity contribution in [2.45, 2.75) is 25.3 Å². The van der Waals surface area contributed by atoms with Gasteiger partial charge in [0.1, 0.15) is 12.4 Å². The van der Waals surface area contributed by atoms with E-state index in [1.807, 2.05) is 13.8 Å². The van der Waals surface area contributed by atoms with Crippen molar-refractivity contribution in [1.82, 2.24) is 30.1 Å². The van der Waals surface area contributed by atoms with E-state index in [4.69, 9.17) is 17.3 Å². The molecule has 5 rings (SSSR count). The molecule has 0 radical (unpaired) electrons. The number of nitrogen functional groups attached to an aromatic ring is 1. The fourth-order valence-electron chi connectivity index (χ4n) is 4.82. The molecule has 208 valence electrons. The van der Waals surface area contributed by atoms with Gasteiger partial charge in [0.25, 0.3) is 5.91 Å². The lowest BCUT2D eigenvalue weighted by atomic mass is 9.78. The van der Waals surface area contributed by atoms with Crippen LogP contribution in [0.3, 0.4) is 0 Å². The predicted molar refractivity (Wildman–Crippen MR) is 151 cm³/mol. The third-order valence-corrected chi connectivity index (χ3v) is 6.91. The maximum absolute atomic E-state index is 13.8. The molecule has 12 nitrogen and oxygen atoms in total. The molecule has 4 N–H and O–H groups in total. The van der Waals surface area contributed by atoms with Crippen LogP contribution >= 0.6 is 11.6 Å². The smallest absolute Gasteiger partial charge is 0.335 e. The predicted octanol–water partition coefficient (Wildman–Crippen LogP) is 3.50. The van der Waals surface area contributed by atoms with Crippen molar-refractivity contribution in [3.63, 3.8) is 0 Å². The van der Waals surface area contributed by atoms with Gasteiger partial charge >= 0.3 is 5.97 Å². The number of nitrogens with one attached hydrogen (secondary N) is 1. The highest BCUT2D eigenvalue weighted by Gasteiger charge is 2.44. The molecule has 2 amide bonds. The zero-order valence-electron chi connectivity index (χ0n) is 22.0. The van der Waals surface area contributed by atoms with E-state index in [9.17, 15) is 19.5 Å². The first-order chi connectivity index (χ1) is 19.5. The second kappa shape index (κ2) is 10.8. The van der Waals surface area contributed by atoms with Crippen molar-refractivity contribution in [3.05, 3.63) is 94.5 Å². The highest BCUT2D eigenvalue weighted by Crippen LogP contribution is 2.40. The number of anilines is 2. The molecule has 3 heterocycles. The lowest BCUT2D eigenvalue weighted by Gasteiger charge is -2.43. The Bertz CT molecular complexity index is 1670. The van der Waals surface area contributed by atoms with Crippen LogP contribution in [0.15, 0.2) is 67.1 Å². The summed E-state index contributed by atoms with van der Waals surface area (Å²) in [5.74, 6) is -2.02. The number of hydrogen-bond donors (Lipinski definition) is 3. The van der Waals surface area contributed by atoms with Crippen LogP contribution in [0.5, 0.6) is 0 Å². The molecule has 41 heavy (non-hydrogen) atoms. The van der Waals surface area contributed by atoms with E-state index in [-0.39, 0.29) is 12.1 Å². The Morgan fingerprint density at radius 1 is 1.15 bits per heavy atom. The normalized spacial score (nSPS) is 15.9. The quantitative estimate of drug-likeness (QED) is 0.293. The molecule has 1 unspecified atom stereocenters. The minimum atomic E-state index is -1.08. The standard InChI is InChI=1S/C28H25ClN8O4/c1-28(2)14-36(23(38)10-5-17-11-18(29)6-9-22(17)37-15-32-34-35-37)24(21-12-19(30)13-31-25(21)28)26(39)33-20-7-3-16(4-8-20)27(40)41/h3-13,15,24H,14,30H2,1-2H3,(H,33,39)(H,40,41)/b10-5+. The van der Waals surface area contributed by atoms with Gasteiger partial charge in [0.2, 0.25) is 5.91 Å². The Morgan fingerprint density at radius 3 is 2.59 bits per heavy atom. The van der Waals surface area contributed by atoms with Gasteiger partial charge in [0, 0.05) is 39.9 Å². The van der Waals surface area contributed by atoms with Crippen molar-refractivity contribution in [2.75, 3.05) is 17.6 Å². The lowest BCUT2D eigenvalue weighted by Crippen LogP contribution is -2.51.